The van der Waals surface area contributed by atoms with Gasteiger partial charge in [0, 0.05) is 5.54 Å². The van der Waals surface area contributed by atoms with E-state index >= 15 is 0 Å². The lowest BCUT2D eigenvalue weighted by molar-refractivity contribution is 0.525. The Balaban J connectivity index is 1.88. The molecule has 0 aliphatic rings. The second kappa shape index (κ2) is 16.9. The summed E-state index contributed by atoms with van der Waals surface area (Å²) in [5.74, 6) is 0. The molecule has 0 bridgehead atoms. The third-order valence-corrected chi connectivity index (χ3v) is 6.26. The molecular weight excluding hydrogens is 350 g/mol. The molecule has 0 aliphatic carbocycles. The van der Waals surface area contributed by atoms with Crippen LogP contribution in [0.5, 0.6) is 0 Å². The zero-order chi connectivity index (χ0) is 21.2. The van der Waals surface area contributed by atoms with Crippen LogP contribution in [0.15, 0.2) is 24.3 Å². The average molecular weight is 402 g/mol. The molecule has 1 rings (SSSR count). The quantitative estimate of drug-likeness (QED) is 0.230. The van der Waals surface area contributed by atoms with Crippen molar-refractivity contribution in [2.24, 2.45) is 5.73 Å². The van der Waals surface area contributed by atoms with E-state index in [2.05, 4.69) is 45.0 Å². The van der Waals surface area contributed by atoms with Gasteiger partial charge in [-0.1, -0.05) is 134 Å². The van der Waals surface area contributed by atoms with Gasteiger partial charge in [0.05, 0.1) is 0 Å². The van der Waals surface area contributed by atoms with E-state index in [9.17, 15) is 0 Å². The second-order valence-corrected chi connectivity index (χ2v) is 9.79. The van der Waals surface area contributed by atoms with Crippen molar-refractivity contribution in [3.8, 4) is 0 Å². The van der Waals surface area contributed by atoms with Gasteiger partial charge in [0.1, 0.15) is 0 Å². The Hall–Kier alpha value is -0.820. The number of unbranched alkanes of at least 4 members (excludes halogenated alkanes) is 16. The Labute approximate surface area is 183 Å². The monoisotopic (exact) mass is 401 g/mol. The van der Waals surface area contributed by atoms with Gasteiger partial charge in [-0.3, -0.25) is 0 Å². The average Bonchev–Trinajstić information content (AvgIpc) is 2.70. The summed E-state index contributed by atoms with van der Waals surface area (Å²) in [6.07, 6.45) is 25.5. The fourth-order valence-electron chi connectivity index (χ4n) is 4.41. The summed E-state index contributed by atoms with van der Waals surface area (Å²) in [4.78, 5) is 0. The van der Waals surface area contributed by atoms with Gasteiger partial charge in [-0.25, -0.2) is 0 Å². The number of aryl methyl sites for hydroxylation is 1. The molecule has 2 N–H and O–H groups in total. The van der Waals surface area contributed by atoms with E-state index in [0.29, 0.717) is 0 Å². The van der Waals surface area contributed by atoms with E-state index in [1.807, 2.05) is 0 Å². The van der Waals surface area contributed by atoms with Gasteiger partial charge in [-0.2, -0.15) is 0 Å². The van der Waals surface area contributed by atoms with Crippen molar-refractivity contribution in [1.82, 2.24) is 0 Å². The molecule has 1 nitrogen and oxygen atoms in total. The molecule has 1 aromatic carbocycles. The van der Waals surface area contributed by atoms with Gasteiger partial charge in [-0.05, 0) is 37.8 Å². The predicted molar refractivity (Wildman–Crippen MR) is 132 cm³/mol. The van der Waals surface area contributed by atoms with Crippen molar-refractivity contribution in [3.05, 3.63) is 35.4 Å². The lowest BCUT2D eigenvalue weighted by Gasteiger charge is -2.23. The number of hydrogen-bond donors (Lipinski definition) is 1. The van der Waals surface area contributed by atoms with Gasteiger partial charge in [-0.15, -0.1) is 0 Å². The maximum Gasteiger partial charge on any atom is 0.0355 e. The molecule has 0 amide bonds. The molecule has 0 saturated carbocycles. The van der Waals surface area contributed by atoms with E-state index in [1.165, 1.54) is 127 Å². The molecule has 0 fully saturated rings. The third-order valence-electron chi connectivity index (χ3n) is 6.26. The highest BCUT2D eigenvalue weighted by atomic mass is 14.7. The Morgan fingerprint density at radius 3 is 1.38 bits per heavy atom. The van der Waals surface area contributed by atoms with Crippen molar-refractivity contribution in [2.75, 3.05) is 0 Å². The molecule has 29 heavy (non-hydrogen) atoms. The number of hydrogen-bond acceptors (Lipinski definition) is 1. The summed E-state index contributed by atoms with van der Waals surface area (Å²) in [5, 5.41) is 0. The van der Waals surface area contributed by atoms with Crippen LogP contribution in [-0.4, -0.2) is 0 Å². The highest BCUT2D eigenvalue weighted by Gasteiger charge is 2.17. The summed E-state index contributed by atoms with van der Waals surface area (Å²) in [7, 11) is 0. The molecule has 1 aromatic rings. The minimum absolute atomic E-state index is 0.231. The fourth-order valence-corrected chi connectivity index (χ4v) is 4.41. The Morgan fingerprint density at radius 1 is 0.586 bits per heavy atom. The van der Waals surface area contributed by atoms with Crippen LogP contribution in [0, 0.1) is 0 Å². The number of rotatable bonds is 19. The minimum atomic E-state index is -0.231. The van der Waals surface area contributed by atoms with Crippen LogP contribution < -0.4 is 5.73 Å². The Morgan fingerprint density at radius 2 is 0.966 bits per heavy atom. The first-order valence-corrected chi connectivity index (χ1v) is 12.9. The lowest BCUT2D eigenvalue weighted by Crippen LogP contribution is -2.30. The molecule has 0 atom stereocenters. The van der Waals surface area contributed by atoms with Gasteiger partial charge >= 0.3 is 0 Å². The Bertz CT molecular complexity index is 485. The van der Waals surface area contributed by atoms with Gasteiger partial charge in [0.25, 0.3) is 0 Å². The van der Waals surface area contributed by atoms with Crippen molar-refractivity contribution in [1.29, 1.82) is 0 Å². The van der Waals surface area contributed by atoms with Crippen molar-refractivity contribution in [2.45, 2.75) is 142 Å². The van der Waals surface area contributed by atoms with Crippen molar-refractivity contribution >= 4 is 0 Å². The molecule has 0 aromatic heterocycles. The third kappa shape index (κ3) is 13.9. The fraction of sp³-hybridized carbons (Fsp3) is 0.786. The summed E-state index contributed by atoms with van der Waals surface area (Å²) < 4.78 is 0. The van der Waals surface area contributed by atoms with Gasteiger partial charge in [0.2, 0.25) is 0 Å². The lowest BCUT2D eigenvalue weighted by atomic mass is 9.89. The Kier molecular flexibility index (Phi) is 15.3. The standard InChI is InChI=1S/C28H51N/c1-4-5-6-7-8-9-10-11-12-13-14-15-16-17-18-19-20-23-26-24-21-22-25-27(26)28(2,3)29/h21-22,24-25H,4-20,23,29H2,1-3H3. The zero-order valence-corrected chi connectivity index (χ0v) is 20.1. The van der Waals surface area contributed by atoms with Crippen molar-refractivity contribution < 1.29 is 0 Å². The largest absolute Gasteiger partial charge is 0.322 e. The summed E-state index contributed by atoms with van der Waals surface area (Å²) >= 11 is 0. The van der Waals surface area contributed by atoms with Crippen LogP contribution in [0.3, 0.4) is 0 Å². The first-order chi connectivity index (χ1) is 14.1. The maximum atomic E-state index is 6.32. The number of nitrogens with two attached hydrogens (primary N) is 1. The maximum absolute atomic E-state index is 6.32. The van der Waals surface area contributed by atoms with E-state index in [0.717, 1.165) is 0 Å². The zero-order valence-electron chi connectivity index (χ0n) is 20.1. The predicted octanol–water partition coefficient (Wildman–Crippen LogP) is 9.07. The summed E-state index contributed by atoms with van der Waals surface area (Å²) in [6, 6.07) is 8.72. The molecule has 0 radical (unpaired) electrons. The molecule has 1 heteroatoms. The second-order valence-electron chi connectivity index (χ2n) is 9.79. The molecule has 168 valence electrons. The first-order valence-electron chi connectivity index (χ1n) is 12.9. The molecule has 0 spiro atoms. The van der Waals surface area contributed by atoms with Crippen LogP contribution in [-0.2, 0) is 12.0 Å². The van der Waals surface area contributed by atoms with Crippen LogP contribution in [0.4, 0.5) is 0 Å². The molecule has 0 unspecified atom stereocenters. The van der Waals surface area contributed by atoms with Crippen molar-refractivity contribution in [3.63, 3.8) is 0 Å². The minimum Gasteiger partial charge on any atom is -0.322 e. The first kappa shape index (κ1) is 26.2. The van der Waals surface area contributed by atoms with Gasteiger partial charge in [0.15, 0.2) is 0 Å². The van der Waals surface area contributed by atoms with Crippen LogP contribution >= 0.6 is 0 Å². The summed E-state index contributed by atoms with van der Waals surface area (Å²) in [6.45, 7) is 6.52. The van der Waals surface area contributed by atoms with Crippen LogP contribution in [0.2, 0.25) is 0 Å². The van der Waals surface area contributed by atoms with Crippen LogP contribution in [0.1, 0.15) is 141 Å². The summed E-state index contributed by atoms with van der Waals surface area (Å²) in [5.41, 5.74) is 8.85. The van der Waals surface area contributed by atoms with E-state index < -0.39 is 0 Å². The van der Waals surface area contributed by atoms with Gasteiger partial charge < -0.3 is 5.73 Å². The molecular formula is C28H51N. The molecule has 0 saturated heterocycles. The van der Waals surface area contributed by atoms with E-state index in [4.69, 9.17) is 5.73 Å². The van der Waals surface area contributed by atoms with Crippen LogP contribution in [0.25, 0.3) is 0 Å². The normalized spacial score (nSPS) is 11.9. The number of benzene rings is 1. The topological polar surface area (TPSA) is 26.0 Å². The smallest absolute Gasteiger partial charge is 0.0355 e. The highest BCUT2D eigenvalue weighted by molar-refractivity contribution is 5.32. The SMILES string of the molecule is CCCCCCCCCCCCCCCCCCCc1ccccc1C(C)(C)N. The van der Waals surface area contributed by atoms with E-state index in [1.54, 1.807) is 0 Å². The molecule has 0 aliphatic heterocycles. The highest BCUT2D eigenvalue weighted by Crippen LogP contribution is 2.23. The molecule has 0 heterocycles. The van der Waals surface area contributed by atoms with E-state index in [-0.39, 0.29) is 5.54 Å².